The molecule has 7 heteroatoms. The van der Waals surface area contributed by atoms with Crippen molar-refractivity contribution in [3.63, 3.8) is 0 Å². The van der Waals surface area contributed by atoms with Gasteiger partial charge in [-0.25, -0.2) is 0 Å². The largest absolute Gasteiger partial charge is 0.490 e. The van der Waals surface area contributed by atoms with E-state index in [0.717, 1.165) is 22.1 Å². The van der Waals surface area contributed by atoms with Crippen molar-refractivity contribution in [2.45, 2.75) is 20.0 Å². The van der Waals surface area contributed by atoms with Crippen LogP contribution in [-0.2, 0) is 4.79 Å². The smallest absolute Gasteiger partial charge is 0.270 e. The fourth-order valence-corrected chi connectivity index (χ4v) is 5.01. The second kappa shape index (κ2) is 8.60. The van der Waals surface area contributed by atoms with Crippen molar-refractivity contribution < 1.29 is 9.53 Å². The molecule has 1 aliphatic rings. The number of thiocarbonyl (C=S) groups is 1. The molecule has 0 spiro atoms. The Kier molecular flexibility index (Phi) is 6.07. The topological polar surface area (TPSA) is 29.5 Å². The highest BCUT2D eigenvalue weighted by molar-refractivity contribution is 8.27. The minimum Gasteiger partial charge on any atom is -0.490 e. The molecule has 4 rings (SSSR count). The standard InChI is InChI=1S/C23H17Cl2NO2S2/c1-13(2)28-20-10-7-14-5-3-4-6-16(14)17(20)12-21-22(27)26(23(29)30-21)19-9-8-15(24)11-18(19)25/h3-13H,1-2H3/b21-12-. The monoisotopic (exact) mass is 473 g/mol. The zero-order chi connectivity index (χ0) is 21.4. The lowest BCUT2D eigenvalue weighted by atomic mass is 10.0. The molecule has 3 aromatic carbocycles. The number of carbonyl (C=O) groups is 1. The quantitative estimate of drug-likeness (QED) is 0.292. The van der Waals surface area contributed by atoms with Crippen LogP contribution in [0.5, 0.6) is 5.75 Å². The molecular formula is C23H17Cl2NO2S2. The molecule has 1 fully saturated rings. The highest BCUT2D eigenvalue weighted by Gasteiger charge is 2.34. The Hall–Kier alpha value is -2.05. The molecule has 0 unspecified atom stereocenters. The van der Waals surface area contributed by atoms with E-state index in [2.05, 4.69) is 0 Å². The normalized spacial score (nSPS) is 15.6. The van der Waals surface area contributed by atoms with Gasteiger partial charge in [0.05, 0.1) is 21.7 Å². The van der Waals surface area contributed by atoms with E-state index in [1.54, 1.807) is 18.2 Å². The first-order chi connectivity index (χ1) is 14.3. The molecule has 0 bridgehead atoms. The van der Waals surface area contributed by atoms with Crippen molar-refractivity contribution in [1.82, 2.24) is 0 Å². The SMILES string of the molecule is CC(C)Oc1ccc2ccccc2c1/C=C1\SC(=S)N(c2ccc(Cl)cc2Cl)C1=O. The second-order valence-corrected chi connectivity index (χ2v) is 9.50. The molecule has 0 atom stereocenters. The zero-order valence-corrected chi connectivity index (χ0v) is 19.3. The average molecular weight is 474 g/mol. The maximum Gasteiger partial charge on any atom is 0.270 e. The van der Waals surface area contributed by atoms with Crippen molar-refractivity contribution >= 4 is 79.9 Å². The Bertz CT molecular complexity index is 1210. The predicted molar refractivity (Wildman–Crippen MR) is 132 cm³/mol. The maximum absolute atomic E-state index is 13.2. The number of nitrogens with zero attached hydrogens (tertiary/aromatic N) is 1. The third-order valence-corrected chi connectivity index (χ3v) is 6.35. The van der Waals surface area contributed by atoms with Crippen LogP contribution in [-0.4, -0.2) is 16.3 Å². The van der Waals surface area contributed by atoms with E-state index in [9.17, 15) is 4.79 Å². The average Bonchev–Trinajstić information content (AvgIpc) is 2.97. The van der Waals surface area contributed by atoms with Crippen molar-refractivity contribution in [3.8, 4) is 5.75 Å². The van der Waals surface area contributed by atoms with Gasteiger partial charge in [0.1, 0.15) is 5.75 Å². The van der Waals surface area contributed by atoms with Gasteiger partial charge in [-0.3, -0.25) is 9.69 Å². The summed E-state index contributed by atoms with van der Waals surface area (Å²) in [5.41, 5.74) is 1.37. The first-order valence-electron chi connectivity index (χ1n) is 9.26. The fraction of sp³-hybridized carbons (Fsp3) is 0.130. The van der Waals surface area contributed by atoms with Crippen molar-refractivity contribution in [3.05, 3.63) is 75.1 Å². The van der Waals surface area contributed by atoms with Crippen molar-refractivity contribution in [2.24, 2.45) is 0 Å². The Morgan fingerprint density at radius 2 is 1.87 bits per heavy atom. The number of carbonyl (C=O) groups excluding carboxylic acids is 1. The second-order valence-electron chi connectivity index (χ2n) is 6.98. The summed E-state index contributed by atoms with van der Waals surface area (Å²) >= 11 is 19.0. The van der Waals surface area contributed by atoms with E-state index in [-0.39, 0.29) is 12.0 Å². The van der Waals surface area contributed by atoms with Crippen LogP contribution in [0.25, 0.3) is 16.8 Å². The number of thioether (sulfide) groups is 1. The number of rotatable bonds is 4. The van der Waals surface area contributed by atoms with Gasteiger partial charge in [0.25, 0.3) is 5.91 Å². The van der Waals surface area contributed by atoms with E-state index in [1.807, 2.05) is 56.3 Å². The molecule has 30 heavy (non-hydrogen) atoms. The zero-order valence-electron chi connectivity index (χ0n) is 16.2. The summed E-state index contributed by atoms with van der Waals surface area (Å²) in [7, 11) is 0. The first kappa shape index (κ1) is 21.2. The number of anilines is 1. The van der Waals surface area contributed by atoms with Crippen LogP contribution in [0.4, 0.5) is 5.69 Å². The van der Waals surface area contributed by atoms with Gasteiger partial charge in [-0.15, -0.1) is 0 Å². The van der Waals surface area contributed by atoms with Crippen LogP contribution in [0.2, 0.25) is 10.0 Å². The molecule has 1 heterocycles. The van der Waals surface area contributed by atoms with E-state index in [1.165, 1.54) is 16.7 Å². The van der Waals surface area contributed by atoms with E-state index in [0.29, 0.717) is 25.0 Å². The van der Waals surface area contributed by atoms with Crippen LogP contribution in [0, 0.1) is 0 Å². The molecule has 0 N–H and O–H groups in total. The number of halogens is 2. The molecule has 0 aliphatic carbocycles. The minimum absolute atomic E-state index is 0.000642. The Morgan fingerprint density at radius 1 is 1.10 bits per heavy atom. The van der Waals surface area contributed by atoms with E-state index >= 15 is 0 Å². The van der Waals surface area contributed by atoms with Crippen LogP contribution in [0.1, 0.15) is 19.4 Å². The van der Waals surface area contributed by atoms with Gasteiger partial charge in [-0.05, 0) is 55.0 Å². The molecule has 3 nitrogen and oxygen atoms in total. The summed E-state index contributed by atoms with van der Waals surface area (Å²) in [4.78, 5) is 15.2. The molecule has 152 valence electrons. The lowest BCUT2D eigenvalue weighted by Crippen LogP contribution is -2.27. The molecule has 3 aromatic rings. The van der Waals surface area contributed by atoms with E-state index in [4.69, 9.17) is 40.2 Å². The number of benzene rings is 3. The van der Waals surface area contributed by atoms with E-state index < -0.39 is 0 Å². The Labute approximate surface area is 194 Å². The van der Waals surface area contributed by atoms with Gasteiger partial charge in [0, 0.05) is 10.6 Å². The Balaban J connectivity index is 1.81. The highest BCUT2D eigenvalue weighted by atomic mass is 35.5. The van der Waals surface area contributed by atoms with Crippen molar-refractivity contribution in [2.75, 3.05) is 4.90 Å². The summed E-state index contributed by atoms with van der Waals surface area (Å²) in [5.74, 6) is 0.496. The maximum atomic E-state index is 13.2. The molecule has 0 aromatic heterocycles. The third-order valence-electron chi connectivity index (χ3n) is 4.51. The van der Waals surface area contributed by atoms with Gasteiger partial charge in [-0.2, -0.15) is 0 Å². The highest BCUT2D eigenvalue weighted by Crippen LogP contribution is 2.41. The molecule has 0 saturated carbocycles. The van der Waals surface area contributed by atoms with Gasteiger partial charge in [-0.1, -0.05) is 77.5 Å². The molecule has 1 amide bonds. The molecule has 0 radical (unpaired) electrons. The third kappa shape index (κ3) is 4.08. The number of hydrogen-bond acceptors (Lipinski definition) is 4. The lowest BCUT2D eigenvalue weighted by Gasteiger charge is -2.16. The van der Waals surface area contributed by atoms with Crippen LogP contribution >= 0.6 is 47.2 Å². The predicted octanol–water partition coefficient (Wildman–Crippen LogP) is 7.34. The fourth-order valence-electron chi connectivity index (χ4n) is 3.25. The van der Waals surface area contributed by atoms with Gasteiger partial charge >= 0.3 is 0 Å². The molecular weight excluding hydrogens is 457 g/mol. The molecule has 1 aliphatic heterocycles. The van der Waals surface area contributed by atoms with Gasteiger partial charge in [0.15, 0.2) is 4.32 Å². The summed E-state index contributed by atoms with van der Waals surface area (Å²) in [6, 6.07) is 16.9. The summed E-state index contributed by atoms with van der Waals surface area (Å²) in [6.07, 6.45) is 1.85. The summed E-state index contributed by atoms with van der Waals surface area (Å²) < 4.78 is 6.44. The lowest BCUT2D eigenvalue weighted by molar-refractivity contribution is -0.113. The first-order valence-corrected chi connectivity index (χ1v) is 11.2. The summed E-state index contributed by atoms with van der Waals surface area (Å²) in [6.45, 7) is 3.95. The van der Waals surface area contributed by atoms with Gasteiger partial charge < -0.3 is 4.74 Å². The van der Waals surface area contributed by atoms with Crippen LogP contribution in [0.3, 0.4) is 0 Å². The number of hydrogen-bond donors (Lipinski definition) is 0. The summed E-state index contributed by atoms with van der Waals surface area (Å²) in [5, 5.41) is 2.94. The van der Waals surface area contributed by atoms with Crippen LogP contribution in [0.15, 0.2) is 59.5 Å². The number of fused-ring (bicyclic) bond motifs is 1. The Morgan fingerprint density at radius 3 is 2.60 bits per heavy atom. The van der Waals surface area contributed by atoms with Crippen molar-refractivity contribution in [1.29, 1.82) is 0 Å². The number of amides is 1. The van der Waals surface area contributed by atoms with Crippen LogP contribution < -0.4 is 9.64 Å². The van der Waals surface area contributed by atoms with Gasteiger partial charge in [0.2, 0.25) is 0 Å². The molecule has 1 saturated heterocycles. The number of ether oxygens (including phenoxy) is 1. The minimum atomic E-state index is -0.224.